The molecule has 94 valence electrons. The first kappa shape index (κ1) is 13.4. The quantitative estimate of drug-likeness (QED) is 0.867. The topological polar surface area (TPSA) is 38.9 Å². The molecule has 1 aromatic heterocycles. The highest BCUT2D eigenvalue weighted by Crippen LogP contribution is 2.27. The summed E-state index contributed by atoms with van der Waals surface area (Å²) in [6.45, 7) is 0. The molecule has 0 aliphatic rings. The first-order chi connectivity index (χ1) is 8.72. The summed E-state index contributed by atoms with van der Waals surface area (Å²) in [5.74, 6) is 0. The van der Waals surface area contributed by atoms with Gasteiger partial charge in [0.05, 0.1) is 5.02 Å². The van der Waals surface area contributed by atoms with Crippen LogP contribution in [0.25, 0.3) is 0 Å². The molecule has 0 bridgehead atoms. The summed E-state index contributed by atoms with van der Waals surface area (Å²) in [6.07, 6.45) is 6.18. The zero-order valence-electron chi connectivity index (χ0n) is 10.1. The average Bonchev–Trinajstić information content (AvgIpc) is 2.41. The van der Waals surface area contributed by atoms with Crippen LogP contribution >= 0.6 is 23.4 Å². The molecule has 0 amide bonds. The average molecular weight is 279 g/mol. The van der Waals surface area contributed by atoms with Crippen LogP contribution in [0.3, 0.4) is 0 Å². The maximum atomic E-state index is 6.28. The van der Waals surface area contributed by atoms with E-state index in [2.05, 4.69) is 23.4 Å². The van der Waals surface area contributed by atoms with Crippen molar-refractivity contribution in [3.8, 4) is 0 Å². The number of rotatable bonds is 4. The molecule has 0 saturated heterocycles. The minimum atomic E-state index is -0.0476. The summed E-state index contributed by atoms with van der Waals surface area (Å²) >= 11 is 7.82. The lowest BCUT2D eigenvalue weighted by Gasteiger charge is -2.16. The van der Waals surface area contributed by atoms with Gasteiger partial charge in [-0.25, -0.2) is 0 Å². The van der Waals surface area contributed by atoms with Crippen LogP contribution in [0, 0.1) is 0 Å². The summed E-state index contributed by atoms with van der Waals surface area (Å²) in [6, 6.07) is 10.1. The molecule has 2 aromatic rings. The van der Waals surface area contributed by atoms with Crippen LogP contribution in [0.5, 0.6) is 0 Å². The molecule has 18 heavy (non-hydrogen) atoms. The molecule has 0 fully saturated rings. The summed E-state index contributed by atoms with van der Waals surface area (Å²) in [5.41, 5.74) is 8.48. The van der Waals surface area contributed by atoms with Crippen molar-refractivity contribution in [1.82, 2.24) is 4.98 Å². The lowest BCUT2D eigenvalue weighted by atomic mass is 10.0. The van der Waals surface area contributed by atoms with Crippen molar-refractivity contribution in [2.24, 2.45) is 5.73 Å². The van der Waals surface area contributed by atoms with Crippen LogP contribution in [0.2, 0.25) is 5.02 Å². The van der Waals surface area contributed by atoms with Crippen LogP contribution in [0.15, 0.2) is 47.6 Å². The summed E-state index contributed by atoms with van der Waals surface area (Å²) in [7, 11) is 0. The van der Waals surface area contributed by atoms with Crippen molar-refractivity contribution < 1.29 is 0 Å². The number of benzene rings is 1. The molecule has 1 unspecified atom stereocenters. The number of hydrogen-bond acceptors (Lipinski definition) is 3. The fraction of sp³-hybridized carbons (Fsp3) is 0.214. The van der Waals surface area contributed by atoms with E-state index < -0.39 is 0 Å². The molecule has 0 saturated carbocycles. The molecule has 1 heterocycles. The number of nitrogens with two attached hydrogens (primary N) is 1. The molecular formula is C14H15ClN2S. The van der Waals surface area contributed by atoms with Gasteiger partial charge in [-0.15, -0.1) is 11.8 Å². The highest BCUT2D eigenvalue weighted by molar-refractivity contribution is 7.98. The van der Waals surface area contributed by atoms with Crippen molar-refractivity contribution >= 4 is 23.4 Å². The van der Waals surface area contributed by atoms with Gasteiger partial charge in [0.25, 0.3) is 0 Å². The minimum Gasteiger partial charge on any atom is -0.324 e. The van der Waals surface area contributed by atoms with Gasteiger partial charge in [0.15, 0.2) is 0 Å². The maximum absolute atomic E-state index is 6.28. The molecule has 0 radical (unpaired) electrons. The van der Waals surface area contributed by atoms with Gasteiger partial charge in [-0.3, -0.25) is 4.98 Å². The van der Waals surface area contributed by atoms with E-state index in [1.54, 1.807) is 24.2 Å². The van der Waals surface area contributed by atoms with Crippen molar-refractivity contribution in [1.29, 1.82) is 0 Å². The van der Waals surface area contributed by atoms with Crippen LogP contribution in [-0.4, -0.2) is 11.2 Å². The van der Waals surface area contributed by atoms with E-state index in [1.165, 1.54) is 4.90 Å². The Bertz CT molecular complexity index is 531. The first-order valence-corrected chi connectivity index (χ1v) is 7.29. The standard InChI is InChI=1S/C14H15ClN2S/c1-18-14-5-3-2-4-11(14)13(16)8-10-6-7-17-9-12(10)15/h2-7,9,13H,8,16H2,1H3. The summed E-state index contributed by atoms with van der Waals surface area (Å²) in [5, 5.41) is 0.676. The number of halogens is 1. The van der Waals surface area contributed by atoms with Gasteiger partial charge < -0.3 is 5.73 Å². The number of nitrogens with zero attached hydrogens (tertiary/aromatic N) is 1. The van der Waals surface area contributed by atoms with Gasteiger partial charge in [0.2, 0.25) is 0 Å². The molecular weight excluding hydrogens is 264 g/mol. The van der Waals surface area contributed by atoms with Crippen LogP contribution < -0.4 is 5.73 Å². The van der Waals surface area contributed by atoms with Gasteiger partial charge in [-0.05, 0) is 35.9 Å². The molecule has 1 aromatic carbocycles. The molecule has 2 nitrogen and oxygen atoms in total. The van der Waals surface area contributed by atoms with Gasteiger partial charge in [-0.1, -0.05) is 29.8 Å². The third-order valence-corrected chi connectivity index (χ3v) is 3.99. The van der Waals surface area contributed by atoms with E-state index in [4.69, 9.17) is 17.3 Å². The van der Waals surface area contributed by atoms with E-state index in [0.717, 1.165) is 17.5 Å². The zero-order valence-corrected chi connectivity index (χ0v) is 11.7. The fourth-order valence-electron chi connectivity index (χ4n) is 1.89. The van der Waals surface area contributed by atoms with E-state index in [9.17, 15) is 0 Å². The molecule has 1 atom stereocenters. The number of aromatic nitrogens is 1. The Morgan fingerprint density at radius 2 is 2.11 bits per heavy atom. The van der Waals surface area contributed by atoms with Crippen molar-refractivity contribution in [2.75, 3.05) is 6.26 Å². The molecule has 0 aliphatic heterocycles. The Morgan fingerprint density at radius 1 is 1.33 bits per heavy atom. The molecule has 4 heteroatoms. The second kappa shape index (κ2) is 6.23. The fourth-order valence-corrected chi connectivity index (χ4v) is 2.76. The van der Waals surface area contributed by atoms with E-state index in [1.807, 2.05) is 18.2 Å². The summed E-state index contributed by atoms with van der Waals surface area (Å²) < 4.78 is 0. The second-order valence-corrected chi connectivity index (χ2v) is 5.27. The number of hydrogen-bond donors (Lipinski definition) is 1. The summed E-state index contributed by atoms with van der Waals surface area (Å²) in [4.78, 5) is 5.20. The lowest BCUT2D eigenvalue weighted by molar-refractivity contribution is 0.707. The minimum absolute atomic E-state index is 0.0476. The smallest absolute Gasteiger partial charge is 0.0622 e. The molecule has 2 rings (SSSR count). The maximum Gasteiger partial charge on any atom is 0.0622 e. The van der Waals surface area contributed by atoms with E-state index in [-0.39, 0.29) is 6.04 Å². The predicted octanol–water partition coefficient (Wildman–Crippen LogP) is 3.70. The molecule has 0 aliphatic carbocycles. The Kier molecular flexibility index (Phi) is 4.64. The van der Waals surface area contributed by atoms with Crippen LogP contribution in [0.4, 0.5) is 0 Å². The van der Waals surface area contributed by atoms with Crippen molar-refractivity contribution in [3.05, 3.63) is 58.9 Å². The normalized spacial score (nSPS) is 12.4. The number of pyridine rings is 1. The lowest BCUT2D eigenvalue weighted by Crippen LogP contribution is -2.14. The largest absolute Gasteiger partial charge is 0.324 e. The Hall–Kier alpha value is -1.03. The first-order valence-electron chi connectivity index (χ1n) is 5.69. The second-order valence-electron chi connectivity index (χ2n) is 4.02. The van der Waals surface area contributed by atoms with Crippen molar-refractivity contribution in [3.63, 3.8) is 0 Å². The van der Waals surface area contributed by atoms with E-state index in [0.29, 0.717) is 5.02 Å². The predicted molar refractivity (Wildman–Crippen MR) is 78.1 cm³/mol. The van der Waals surface area contributed by atoms with Crippen LogP contribution in [0.1, 0.15) is 17.2 Å². The van der Waals surface area contributed by atoms with Gasteiger partial charge in [0.1, 0.15) is 0 Å². The monoisotopic (exact) mass is 278 g/mol. The van der Waals surface area contributed by atoms with Crippen molar-refractivity contribution in [2.45, 2.75) is 17.4 Å². The Labute approximate surface area is 117 Å². The molecule has 2 N–H and O–H groups in total. The highest BCUT2D eigenvalue weighted by atomic mass is 35.5. The van der Waals surface area contributed by atoms with Gasteiger partial charge >= 0.3 is 0 Å². The number of thioether (sulfide) groups is 1. The third kappa shape index (κ3) is 3.05. The Balaban J connectivity index is 2.22. The zero-order chi connectivity index (χ0) is 13.0. The van der Waals surface area contributed by atoms with Crippen LogP contribution in [-0.2, 0) is 6.42 Å². The third-order valence-electron chi connectivity index (χ3n) is 2.83. The van der Waals surface area contributed by atoms with Gasteiger partial charge in [0, 0.05) is 23.3 Å². The highest BCUT2D eigenvalue weighted by Gasteiger charge is 2.12. The van der Waals surface area contributed by atoms with E-state index >= 15 is 0 Å². The van der Waals surface area contributed by atoms with Gasteiger partial charge in [-0.2, -0.15) is 0 Å². The molecule has 0 spiro atoms. The Morgan fingerprint density at radius 3 is 2.83 bits per heavy atom. The SMILES string of the molecule is CSc1ccccc1C(N)Cc1ccncc1Cl.